The first kappa shape index (κ1) is 23.3. The lowest BCUT2D eigenvalue weighted by atomic mass is 9.86. The molecule has 0 aromatic heterocycles. The Balaban J connectivity index is 1.89. The monoisotopic (exact) mass is 439 g/mol. The van der Waals surface area contributed by atoms with Crippen molar-refractivity contribution in [1.29, 1.82) is 0 Å². The van der Waals surface area contributed by atoms with Crippen molar-refractivity contribution in [1.82, 2.24) is 4.90 Å². The van der Waals surface area contributed by atoms with Gasteiger partial charge in [0.15, 0.2) is 0 Å². The van der Waals surface area contributed by atoms with E-state index in [0.717, 1.165) is 44.6 Å². The second-order valence-corrected chi connectivity index (χ2v) is 10.8. The Bertz CT molecular complexity index is 774. The van der Waals surface area contributed by atoms with E-state index in [0.29, 0.717) is 0 Å². The van der Waals surface area contributed by atoms with Crippen molar-refractivity contribution in [2.24, 2.45) is 0 Å². The highest BCUT2D eigenvalue weighted by Gasteiger charge is 2.45. The van der Waals surface area contributed by atoms with Crippen LogP contribution in [-0.4, -0.2) is 44.9 Å². The molecule has 0 bridgehead atoms. The van der Waals surface area contributed by atoms with Gasteiger partial charge in [0.25, 0.3) is 0 Å². The largest absolute Gasteiger partial charge is 0.382 e. The molecular weight excluding hydrogens is 406 g/mol. The maximum Gasteiger partial charge on any atom is 0.101 e. The molecule has 0 spiro atoms. The highest BCUT2D eigenvalue weighted by molar-refractivity contribution is 8.19. The Morgan fingerprint density at radius 3 is 2.13 bits per heavy atom. The van der Waals surface area contributed by atoms with E-state index in [1.807, 2.05) is 11.8 Å². The fourth-order valence-electron chi connectivity index (χ4n) is 4.01. The van der Waals surface area contributed by atoms with Crippen molar-refractivity contribution in [3.8, 4) is 11.8 Å². The van der Waals surface area contributed by atoms with E-state index in [1.165, 1.54) is 11.1 Å². The quantitative estimate of drug-likeness (QED) is 0.523. The third-order valence-corrected chi connectivity index (χ3v) is 9.03. The highest BCUT2D eigenvalue weighted by atomic mass is 32.2. The van der Waals surface area contributed by atoms with Crippen LogP contribution in [0.5, 0.6) is 0 Å². The second kappa shape index (κ2) is 11.9. The first-order chi connectivity index (χ1) is 14.7. The predicted molar refractivity (Wildman–Crippen MR) is 133 cm³/mol. The van der Waals surface area contributed by atoms with Crippen LogP contribution in [0.15, 0.2) is 60.7 Å². The minimum Gasteiger partial charge on any atom is -0.382 e. The molecule has 0 amide bonds. The van der Waals surface area contributed by atoms with Crippen LogP contribution >= 0.6 is 23.5 Å². The minimum absolute atomic E-state index is 0.121. The summed E-state index contributed by atoms with van der Waals surface area (Å²) in [4.78, 5) is 2.34. The van der Waals surface area contributed by atoms with E-state index < -0.39 is 0 Å². The van der Waals surface area contributed by atoms with Gasteiger partial charge in [-0.2, -0.15) is 0 Å². The average molecular weight is 440 g/mol. The van der Waals surface area contributed by atoms with Crippen LogP contribution in [0.3, 0.4) is 0 Å². The summed E-state index contributed by atoms with van der Waals surface area (Å²) in [6.45, 7) is 7.28. The average Bonchev–Trinajstić information content (AvgIpc) is 2.78. The molecule has 1 aliphatic heterocycles. The van der Waals surface area contributed by atoms with Crippen molar-refractivity contribution < 1.29 is 5.11 Å². The van der Waals surface area contributed by atoms with Crippen LogP contribution in [0, 0.1) is 11.8 Å². The molecule has 1 aliphatic rings. The van der Waals surface area contributed by atoms with Gasteiger partial charge in [-0.05, 0) is 42.8 Å². The fraction of sp³-hybridized carbons (Fsp3) is 0.462. The molecule has 2 nitrogen and oxygen atoms in total. The Kier molecular flexibility index (Phi) is 9.21. The molecule has 0 saturated carbocycles. The molecule has 1 N–H and O–H groups in total. The Labute approximate surface area is 190 Å². The standard InChI is InChI=1S/C26H33NOS2/c1-3-27(4-2)20-13-7-12-19-26(29-21-18-24(28)30-26)25(22-14-8-5-9-15-22)23-16-10-6-11-17-23/h5-6,8-11,14-17,24-25,28H,3-4,12,18-21H2,1-2H3. The van der Waals surface area contributed by atoms with E-state index >= 15 is 0 Å². The number of thioether (sulfide) groups is 2. The number of benzene rings is 2. The Morgan fingerprint density at radius 2 is 1.60 bits per heavy atom. The van der Waals surface area contributed by atoms with E-state index in [9.17, 15) is 5.11 Å². The highest BCUT2D eigenvalue weighted by Crippen LogP contribution is 2.57. The summed E-state index contributed by atoms with van der Waals surface area (Å²) in [5.41, 5.74) is 2.31. The lowest BCUT2D eigenvalue weighted by Gasteiger charge is -2.44. The van der Waals surface area contributed by atoms with Gasteiger partial charge in [0.1, 0.15) is 5.44 Å². The molecule has 1 fully saturated rings. The zero-order valence-electron chi connectivity index (χ0n) is 18.1. The van der Waals surface area contributed by atoms with Crippen LogP contribution in [-0.2, 0) is 0 Å². The molecule has 2 unspecified atom stereocenters. The summed E-state index contributed by atoms with van der Waals surface area (Å²) >= 11 is 3.76. The minimum atomic E-state index is -0.315. The second-order valence-electron chi connectivity index (χ2n) is 7.59. The number of hydrogen-bond acceptors (Lipinski definition) is 4. The van der Waals surface area contributed by atoms with E-state index in [2.05, 4.69) is 91.3 Å². The van der Waals surface area contributed by atoms with Gasteiger partial charge >= 0.3 is 0 Å². The zero-order chi connectivity index (χ0) is 21.2. The van der Waals surface area contributed by atoms with Gasteiger partial charge in [-0.3, -0.25) is 4.90 Å². The van der Waals surface area contributed by atoms with Gasteiger partial charge in [-0.1, -0.05) is 80.4 Å². The first-order valence-corrected chi connectivity index (χ1v) is 12.8. The van der Waals surface area contributed by atoms with E-state index in [-0.39, 0.29) is 15.4 Å². The van der Waals surface area contributed by atoms with Crippen molar-refractivity contribution in [3.05, 3.63) is 71.8 Å². The molecule has 2 aromatic carbocycles. The smallest absolute Gasteiger partial charge is 0.101 e. The molecular formula is C26H33NOS2. The summed E-state index contributed by atoms with van der Waals surface area (Å²) in [6, 6.07) is 21.6. The number of aliphatic hydroxyl groups excluding tert-OH is 1. The molecule has 0 aliphatic carbocycles. The Hall–Kier alpha value is -1.38. The van der Waals surface area contributed by atoms with Crippen molar-refractivity contribution in [2.75, 3.05) is 25.4 Å². The number of rotatable bonds is 8. The van der Waals surface area contributed by atoms with Crippen LogP contribution < -0.4 is 0 Å². The third kappa shape index (κ3) is 6.08. The van der Waals surface area contributed by atoms with Gasteiger partial charge in [-0.25, -0.2) is 0 Å². The summed E-state index contributed by atoms with van der Waals surface area (Å²) in [7, 11) is 0. The molecule has 0 radical (unpaired) electrons. The van der Waals surface area contributed by atoms with Gasteiger partial charge in [0.05, 0.1) is 10.6 Å². The topological polar surface area (TPSA) is 23.5 Å². The summed E-state index contributed by atoms with van der Waals surface area (Å²) in [5, 5.41) is 10.6. The molecule has 4 heteroatoms. The molecule has 160 valence electrons. The van der Waals surface area contributed by atoms with Crippen molar-refractivity contribution >= 4 is 23.5 Å². The molecule has 3 rings (SSSR count). The van der Waals surface area contributed by atoms with E-state index in [1.54, 1.807) is 11.8 Å². The summed E-state index contributed by atoms with van der Waals surface area (Å²) in [6.07, 6.45) is 2.66. The maximum absolute atomic E-state index is 10.6. The van der Waals surface area contributed by atoms with Crippen molar-refractivity contribution in [3.63, 3.8) is 0 Å². The van der Waals surface area contributed by atoms with Crippen LogP contribution in [0.1, 0.15) is 50.2 Å². The lowest BCUT2D eigenvalue weighted by molar-refractivity contribution is 0.257. The molecule has 1 heterocycles. The zero-order valence-corrected chi connectivity index (χ0v) is 19.7. The maximum atomic E-state index is 10.6. The molecule has 2 aromatic rings. The van der Waals surface area contributed by atoms with Gasteiger partial charge < -0.3 is 5.11 Å². The molecule has 2 atom stereocenters. The fourth-order valence-corrected chi connectivity index (χ4v) is 7.71. The summed E-state index contributed by atoms with van der Waals surface area (Å²) < 4.78 is -0.121. The Morgan fingerprint density at radius 1 is 1.00 bits per heavy atom. The van der Waals surface area contributed by atoms with Crippen LogP contribution in [0.4, 0.5) is 0 Å². The summed E-state index contributed by atoms with van der Waals surface area (Å²) in [5.74, 6) is 8.00. The molecule has 1 saturated heterocycles. The number of nitrogens with zero attached hydrogens (tertiary/aromatic N) is 1. The normalized spacial score (nSPS) is 21.4. The SMILES string of the molecule is CCN(CC)CC#CCCC1(C(c2ccccc2)c2ccccc2)SCCC(O)S1. The predicted octanol–water partition coefficient (Wildman–Crippen LogP) is 5.83. The number of hydrogen-bond donors (Lipinski definition) is 1. The number of aliphatic hydroxyl groups is 1. The van der Waals surface area contributed by atoms with Gasteiger partial charge in [0.2, 0.25) is 0 Å². The third-order valence-electron chi connectivity index (χ3n) is 5.67. The first-order valence-electron chi connectivity index (χ1n) is 11.0. The van der Waals surface area contributed by atoms with Crippen LogP contribution in [0.2, 0.25) is 0 Å². The molecule has 30 heavy (non-hydrogen) atoms. The van der Waals surface area contributed by atoms with Crippen LogP contribution in [0.25, 0.3) is 0 Å². The van der Waals surface area contributed by atoms with E-state index in [4.69, 9.17) is 0 Å². The lowest BCUT2D eigenvalue weighted by Crippen LogP contribution is -2.36. The van der Waals surface area contributed by atoms with Crippen molar-refractivity contribution in [2.45, 2.75) is 48.5 Å². The van der Waals surface area contributed by atoms with Gasteiger partial charge in [0, 0.05) is 12.3 Å². The van der Waals surface area contributed by atoms with Gasteiger partial charge in [-0.15, -0.1) is 29.4 Å².